The summed E-state index contributed by atoms with van der Waals surface area (Å²) in [5, 5.41) is 2.85. The Labute approximate surface area is 108 Å². The van der Waals surface area contributed by atoms with Gasteiger partial charge in [-0.2, -0.15) is 0 Å². The van der Waals surface area contributed by atoms with Crippen molar-refractivity contribution in [3.63, 3.8) is 0 Å². The molecular weight excluding hydrogens is 319 g/mol. The molecule has 16 heavy (non-hydrogen) atoms. The number of rotatable bonds is 2. The van der Waals surface area contributed by atoms with Crippen molar-refractivity contribution in [3.8, 4) is 0 Å². The molecule has 0 bridgehead atoms. The molecule has 4 nitrogen and oxygen atoms in total. The van der Waals surface area contributed by atoms with Crippen molar-refractivity contribution >= 4 is 34.2 Å². The highest BCUT2D eigenvalue weighted by atomic mass is 127. The fourth-order valence-corrected chi connectivity index (χ4v) is 2.19. The summed E-state index contributed by atoms with van der Waals surface area (Å²) in [5.74, 6) is -0.301. The Bertz CT molecular complexity index is 397. The van der Waals surface area contributed by atoms with Crippen molar-refractivity contribution in [3.05, 3.63) is 27.8 Å². The minimum atomic E-state index is -0.238. The summed E-state index contributed by atoms with van der Waals surface area (Å²) in [5.41, 5.74) is 6.58. The highest BCUT2D eigenvalue weighted by Gasteiger charge is 2.31. The van der Waals surface area contributed by atoms with E-state index < -0.39 is 0 Å². The van der Waals surface area contributed by atoms with Gasteiger partial charge in [-0.25, -0.2) is 0 Å². The van der Waals surface area contributed by atoms with Gasteiger partial charge in [-0.3, -0.25) is 4.79 Å². The summed E-state index contributed by atoms with van der Waals surface area (Å²) in [4.78, 5) is 11.9. The zero-order valence-corrected chi connectivity index (χ0v) is 10.8. The van der Waals surface area contributed by atoms with Crippen molar-refractivity contribution in [1.82, 2.24) is 0 Å². The maximum Gasteiger partial charge on any atom is 0.231 e. The molecule has 1 aliphatic rings. The van der Waals surface area contributed by atoms with Gasteiger partial charge in [-0.15, -0.1) is 0 Å². The number of anilines is 1. The Morgan fingerprint density at radius 1 is 1.50 bits per heavy atom. The summed E-state index contributed by atoms with van der Waals surface area (Å²) in [6, 6.07) is 7.47. The Morgan fingerprint density at radius 2 is 2.31 bits per heavy atom. The number of halogens is 1. The van der Waals surface area contributed by atoms with E-state index >= 15 is 0 Å². The van der Waals surface area contributed by atoms with E-state index in [0.717, 1.165) is 9.26 Å². The third-order valence-corrected chi connectivity index (χ3v) is 3.22. The number of nitrogens with two attached hydrogens (primary N) is 1. The Balaban J connectivity index is 2.02. The van der Waals surface area contributed by atoms with Gasteiger partial charge in [0.05, 0.1) is 19.1 Å². The van der Waals surface area contributed by atoms with E-state index in [0.29, 0.717) is 13.2 Å². The van der Waals surface area contributed by atoms with Gasteiger partial charge in [0.25, 0.3) is 0 Å². The first-order valence-electron chi connectivity index (χ1n) is 5.06. The lowest BCUT2D eigenvalue weighted by molar-refractivity contribution is -0.120. The van der Waals surface area contributed by atoms with Crippen LogP contribution in [0.15, 0.2) is 24.3 Å². The van der Waals surface area contributed by atoms with Crippen LogP contribution in [-0.4, -0.2) is 25.2 Å². The second-order valence-electron chi connectivity index (χ2n) is 3.81. The lowest BCUT2D eigenvalue weighted by Crippen LogP contribution is -2.37. The van der Waals surface area contributed by atoms with E-state index in [1.165, 1.54) is 0 Å². The Kier molecular flexibility index (Phi) is 3.78. The van der Waals surface area contributed by atoms with Gasteiger partial charge in [0.2, 0.25) is 5.91 Å². The standard InChI is InChI=1S/C11H13IN2O2/c12-7-2-1-3-8(4-7)14-11(15)9-5-16-6-10(9)13/h1-4,9-10H,5-6,13H2,(H,14,15). The van der Waals surface area contributed by atoms with Crippen LogP contribution in [0.25, 0.3) is 0 Å². The van der Waals surface area contributed by atoms with Gasteiger partial charge >= 0.3 is 0 Å². The normalized spacial score (nSPS) is 24.4. The number of nitrogens with one attached hydrogen (secondary N) is 1. The van der Waals surface area contributed by atoms with Crippen LogP contribution in [0, 0.1) is 9.49 Å². The van der Waals surface area contributed by atoms with Gasteiger partial charge in [0.1, 0.15) is 0 Å². The van der Waals surface area contributed by atoms with Crippen LogP contribution >= 0.6 is 22.6 Å². The zero-order valence-electron chi connectivity index (χ0n) is 8.65. The molecule has 1 aromatic carbocycles. The molecule has 1 heterocycles. The van der Waals surface area contributed by atoms with Crippen LogP contribution in [-0.2, 0) is 9.53 Å². The Morgan fingerprint density at radius 3 is 2.94 bits per heavy atom. The SMILES string of the molecule is NC1COCC1C(=O)Nc1cccc(I)c1. The molecular formula is C11H13IN2O2. The molecule has 5 heteroatoms. The fourth-order valence-electron chi connectivity index (χ4n) is 1.64. The predicted octanol–water partition coefficient (Wildman–Crippen LogP) is 1.20. The van der Waals surface area contributed by atoms with Crippen LogP contribution in [0.4, 0.5) is 5.69 Å². The molecule has 1 aliphatic heterocycles. The monoisotopic (exact) mass is 332 g/mol. The predicted molar refractivity (Wildman–Crippen MR) is 70.1 cm³/mol. The summed E-state index contributed by atoms with van der Waals surface area (Å²) in [7, 11) is 0. The Hall–Kier alpha value is -0.660. The summed E-state index contributed by atoms with van der Waals surface area (Å²) < 4.78 is 6.25. The number of amides is 1. The fraction of sp³-hybridized carbons (Fsp3) is 0.364. The maximum absolute atomic E-state index is 11.9. The van der Waals surface area contributed by atoms with Crippen molar-refractivity contribution in [2.75, 3.05) is 18.5 Å². The van der Waals surface area contributed by atoms with Gasteiger partial charge in [-0.1, -0.05) is 6.07 Å². The molecule has 0 aliphatic carbocycles. The van der Waals surface area contributed by atoms with Gasteiger partial charge in [-0.05, 0) is 40.8 Å². The molecule has 2 unspecified atom stereocenters. The molecule has 2 atom stereocenters. The number of hydrogen-bond donors (Lipinski definition) is 2. The summed E-state index contributed by atoms with van der Waals surface area (Å²) >= 11 is 2.20. The average molecular weight is 332 g/mol. The van der Waals surface area contributed by atoms with Gasteiger partial charge in [0.15, 0.2) is 0 Å². The summed E-state index contributed by atoms with van der Waals surface area (Å²) in [6.07, 6.45) is 0. The minimum Gasteiger partial charge on any atom is -0.379 e. The van der Waals surface area contributed by atoms with Crippen LogP contribution in [0.2, 0.25) is 0 Å². The third kappa shape index (κ3) is 2.72. The van der Waals surface area contributed by atoms with E-state index in [-0.39, 0.29) is 17.9 Å². The van der Waals surface area contributed by atoms with Gasteiger partial charge < -0.3 is 15.8 Å². The summed E-state index contributed by atoms with van der Waals surface area (Å²) in [6.45, 7) is 0.876. The number of ether oxygens (including phenoxy) is 1. The number of benzene rings is 1. The largest absolute Gasteiger partial charge is 0.379 e. The smallest absolute Gasteiger partial charge is 0.231 e. The molecule has 1 amide bonds. The van der Waals surface area contributed by atoms with Gasteiger partial charge in [0, 0.05) is 15.3 Å². The molecule has 1 fully saturated rings. The van der Waals surface area contributed by atoms with Crippen LogP contribution < -0.4 is 11.1 Å². The van der Waals surface area contributed by atoms with E-state index in [1.807, 2.05) is 24.3 Å². The molecule has 3 N–H and O–H groups in total. The maximum atomic E-state index is 11.9. The molecule has 86 valence electrons. The van der Waals surface area contributed by atoms with Crippen LogP contribution in [0.5, 0.6) is 0 Å². The molecule has 0 radical (unpaired) electrons. The first-order chi connectivity index (χ1) is 7.66. The second kappa shape index (κ2) is 5.11. The number of carbonyl (C=O) groups excluding carboxylic acids is 1. The molecule has 0 aromatic heterocycles. The molecule has 0 spiro atoms. The third-order valence-electron chi connectivity index (χ3n) is 2.55. The molecule has 1 aromatic rings. The van der Waals surface area contributed by atoms with E-state index in [9.17, 15) is 4.79 Å². The molecule has 0 saturated carbocycles. The average Bonchev–Trinajstić information content (AvgIpc) is 2.64. The first kappa shape index (κ1) is 11.8. The van der Waals surface area contributed by atoms with Crippen LogP contribution in [0.3, 0.4) is 0 Å². The molecule has 2 rings (SSSR count). The quantitative estimate of drug-likeness (QED) is 0.800. The number of hydrogen-bond acceptors (Lipinski definition) is 3. The van der Waals surface area contributed by atoms with E-state index in [1.54, 1.807) is 0 Å². The topological polar surface area (TPSA) is 64.3 Å². The minimum absolute atomic E-state index is 0.0630. The van der Waals surface area contributed by atoms with Crippen molar-refractivity contribution in [2.45, 2.75) is 6.04 Å². The van der Waals surface area contributed by atoms with E-state index in [2.05, 4.69) is 27.9 Å². The van der Waals surface area contributed by atoms with E-state index in [4.69, 9.17) is 10.5 Å². The highest BCUT2D eigenvalue weighted by molar-refractivity contribution is 14.1. The van der Waals surface area contributed by atoms with Crippen molar-refractivity contribution in [2.24, 2.45) is 11.7 Å². The molecule has 1 saturated heterocycles. The lowest BCUT2D eigenvalue weighted by atomic mass is 10.0. The first-order valence-corrected chi connectivity index (χ1v) is 6.14. The van der Waals surface area contributed by atoms with Crippen molar-refractivity contribution < 1.29 is 9.53 Å². The van der Waals surface area contributed by atoms with Crippen LogP contribution in [0.1, 0.15) is 0 Å². The lowest BCUT2D eigenvalue weighted by Gasteiger charge is -2.13. The second-order valence-corrected chi connectivity index (χ2v) is 5.05. The number of carbonyl (C=O) groups is 1. The highest BCUT2D eigenvalue weighted by Crippen LogP contribution is 2.17. The van der Waals surface area contributed by atoms with Crippen molar-refractivity contribution in [1.29, 1.82) is 0 Å². The zero-order chi connectivity index (χ0) is 11.5.